The fraction of sp³-hybridized carbons (Fsp3) is 0.188. The van der Waals surface area contributed by atoms with E-state index in [-0.39, 0.29) is 5.56 Å². The predicted molar refractivity (Wildman–Crippen MR) is 77.6 cm³/mol. The van der Waals surface area contributed by atoms with E-state index in [0.717, 1.165) is 36.7 Å². The molecule has 0 bridgehead atoms. The van der Waals surface area contributed by atoms with Crippen LogP contribution >= 0.6 is 0 Å². The zero-order valence-corrected chi connectivity index (χ0v) is 11.2. The molecule has 1 aliphatic heterocycles. The molecule has 0 unspecified atom stereocenters. The van der Waals surface area contributed by atoms with Crippen molar-refractivity contribution < 1.29 is 13.6 Å². The average molecular weight is 288 g/mol. The number of carbonyl (C=O) groups excluding carboxylic acids is 1. The van der Waals surface area contributed by atoms with E-state index in [0.29, 0.717) is 5.69 Å². The van der Waals surface area contributed by atoms with Gasteiger partial charge in [-0.3, -0.25) is 4.79 Å². The molecule has 1 aliphatic rings. The topological polar surface area (TPSA) is 41.1 Å². The zero-order chi connectivity index (χ0) is 14.8. The number of hydrogen-bond donors (Lipinski definition) is 2. The molecule has 0 radical (unpaired) electrons. The number of halogens is 2. The molecule has 1 amide bonds. The van der Waals surface area contributed by atoms with E-state index in [2.05, 4.69) is 10.6 Å². The largest absolute Gasteiger partial charge is 0.383 e. The van der Waals surface area contributed by atoms with Gasteiger partial charge >= 0.3 is 0 Å². The summed E-state index contributed by atoms with van der Waals surface area (Å²) in [6, 6.07) is 9.12. The number of rotatable bonds is 2. The molecule has 2 N–H and O–H groups in total. The molecule has 0 saturated heterocycles. The first-order chi connectivity index (χ1) is 10.2. The molecule has 0 fully saturated rings. The van der Waals surface area contributed by atoms with Crippen LogP contribution in [0.2, 0.25) is 0 Å². The second-order valence-electron chi connectivity index (χ2n) is 4.93. The standard InChI is InChI=1S/C16H14F2N2O/c17-12-7-2-6-11(14(12)18)16(21)20-13-8-1-4-10-5-3-9-19-15(10)13/h1-2,4,6-8,19H,3,5,9H2,(H,20,21). The van der Waals surface area contributed by atoms with Gasteiger partial charge in [-0.15, -0.1) is 0 Å². The summed E-state index contributed by atoms with van der Waals surface area (Å²) in [5, 5.41) is 5.88. The monoisotopic (exact) mass is 288 g/mol. The van der Waals surface area contributed by atoms with Crippen LogP contribution in [-0.4, -0.2) is 12.5 Å². The van der Waals surface area contributed by atoms with Crippen LogP contribution in [-0.2, 0) is 6.42 Å². The average Bonchev–Trinajstić information content (AvgIpc) is 2.50. The number of nitrogens with one attached hydrogen (secondary N) is 2. The second kappa shape index (κ2) is 5.52. The van der Waals surface area contributed by atoms with Crippen LogP contribution in [0.25, 0.3) is 0 Å². The summed E-state index contributed by atoms with van der Waals surface area (Å²) in [5.41, 5.74) is 2.25. The minimum Gasteiger partial charge on any atom is -0.383 e. The second-order valence-corrected chi connectivity index (χ2v) is 4.93. The molecule has 2 aromatic carbocycles. The van der Waals surface area contributed by atoms with Crippen LogP contribution in [0.3, 0.4) is 0 Å². The molecule has 5 heteroatoms. The van der Waals surface area contributed by atoms with Gasteiger partial charge in [-0.05, 0) is 36.6 Å². The molecular formula is C16H14F2N2O. The fourth-order valence-electron chi connectivity index (χ4n) is 2.48. The minimum absolute atomic E-state index is 0.302. The van der Waals surface area contributed by atoms with Crippen molar-refractivity contribution in [2.75, 3.05) is 17.2 Å². The van der Waals surface area contributed by atoms with Crippen LogP contribution in [0, 0.1) is 11.6 Å². The quantitative estimate of drug-likeness (QED) is 0.887. The maximum absolute atomic E-state index is 13.6. The van der Waals surface area contributed by atoms with Crippen molar-refractivity contribution in [3.8, 4) is 0 Å². The van der Waals surface area contributed by atoms with Crippen molar-refractivity contribution in [3.05, 3.63) is 59.2 Å². The van der Waals surface area contributed by atoms with Gasteiger partial charge < -0.3 is 10.6 Å². The van der Waals surface area contributed by atoms with E-state index in [9.17, 15) is 13.6 Å². The maximum Gasteiger partial charge on any atom is 0.258 e. The number of fused-ring (bicyclic) bond motifs is 1. The van der Waals surface area contributed by atoms with E-state index >= 15 is 0 Å². The van der Waals surface area contributed by atoms with E-state index in [4.69, 9.17) is 0 Å². The number of para-hydroxylation sites is 1. The number of carbonyl (C=O) groups is 1. The van der Waals surface area contributed by atoms with E-state index < -0.39 is 17.5 Å². The molecule has 2 aromatic rings. The number of anilines is 2. The lowest BCUT2D eigenvalue weighted by molar-refractivity contribution is 0.102. The van der Waals surface area contributed by atoms with Crippen LogP contribution in [0.4, 0.5) is 20.2 Å². The molecule has 3 rings (SSSR count). The molecule has 1 heterocycles. The summed E-state index contributed by atoms with van der Waals surface area (Å²) in [4.78, 5) is 12.1. The molecular weight excluding hydrogens is 274 g/mol. The third kappa shape index (κ3) is 2.59. The van der Waals surface area contributed by atoms with Gasteiger partial charge in [-0.2, -0.15) is 0 Å². The molecule has 3 nitrogen and oxygen atoms in total. The Hall–Kier alpha value is -2.43. The van der Waals surface area contributed by atoms with Gasteiger partial charge in [-0.1, -0.05) is 18.2 Å². The van der Waals surface area contributed by atoms with Gasteiger partial charge in [0.1, 0.15) is 0 Å². The Bertz CT molecular complexity index is 701. The van der Waals surface area contributed by atoms with Crippen molar-refractivity contribution in [1.82, 2.24) is 0 Å². The van der Waals surface area contributed by atoms with Crippen LogP contribution < -0.4 is 10.6 Å². The third-order valence-electron chi connectivity index (χ3n) is 3.52. The Kier molecular flexibility index (Phi) is 3.56. The molecule has 21 heavy (non-hydrogen) atoms. The zero-order valence-electron chi connectivity index (χ0n) is 11.2. The highest BCUT2D eigenvalue weighted by molar-refractivity contribution is 6.06. The Morgan fingerprint density at radius 3 is 2.81 bits per heavy atom. The normalized spacial score (nSPS) is 13.2. The molecule has 0 spiro atoms. The lowest BCUT2D eigenvalue weighted by Crippen LogP contribution is -2.18. The summed E-state index contributed by atoms with van der Waals surface area (Å²) >= 11 is 0. The first-order valence-electron chi connectivity index (χ1n) is 6.78. The highest BCUT2D eigenvalue weighted by atomic mass is 19.2. The SMILES string of the molecule is O=C(Nc1cccc2c1NCCC2)c1cccc(F)c1F. The molecule has 0 aliphatic carbocycles. The van der Waals surface area contributed by atoms with Crippen LogP contribution in [0.1, 0.15) is 22.3 Å². The van der Waals surface area contributed by atoms with E-state index in [1.165, 1.54) is 12.1 Å². The Labute approximate surface area is 121 Å². The number of amides is 1. The van der Waals surface area contributed by atoms with Gasteiger partial charge in [0.2, 0.25) is 0 Å². The smallest absolute Gasteiger partial charge is 0.258 e. The van der Waals surface area contributed by atoms with Gasteiger partial charge in [0.15, 0.2) is 11.6 Å². The minimum atomic E-state index is -1.13. The lowest BCUT2D eigenvalue weighted by atomic mass is 10.0. The highest BCUT2D eigenvalue weighted by Gasteiger charge is 2.18. The van der Waals surface area contributed by atoms with E-state index in [1.54, 1.807) is 6.07 Å². The number of benzene rings is 2. The summed E-state index contributed by atoms with van der Waals surface area (Å²) in [6.45, 7) is 0.828. The van der Waals surface area contributed by atoms with Gasteiger partial charge in [-0.25, -0.2) is 8.78 Å². The van der Waals surface area contributed by atoms with Crippen molar-refractivity contribution >= 4 is 17.3 Å². The van der Waals surface area contributed by atoms with Gasteiger partial charge in [0.05, 0.1) is 16.9 Å². The summed E-state index contributed by atoms with van der Waals surface area (Å²) in [7, 11) is 0. The third-order valence-corrected chi connectivity index (χ3v) is 3.52. The summed E-state index contributed by atoms with van der Waals surface area (Å²) in [5.74, 6) is -2.82. The Morgan fingerprint density at radius 1 is 1.14 bits per heavy atom. The molecule has 0 aromatic heterocycles. The first kappa shape index (κ1) is 13.5. The molecule has 0 atom stereocenters. The van der Waals surface area contributed by atoms with Crippen molar-refractivity contribution in [2.24, 2.45) is 0 Å². The number of hydrogen-bond acceptors (Lipinski definition) is 2. The number of aryl methyl sites for hydroxylation is 1. The lowest BCUT2D eigenvalue weighted by Gasteiger charge is -2.21. The predicted octanol–water partition coefficient (Wildman–Crippen LogP) is 3.58. The Morgan fingerprint density at radius 2 is 1.95 bits per heavy atom. The fourth-order valence-corrected chi connectivity index (χ4v) is 2.48. The van der Waals surface area contributed by atoms with Gasteiger partial charge in [0, 0.05) is 6.54 Å². The summed E-state index contributed by atoms with van der Waals surface area (Å²) in [6.07, 6.45) is 1.96. The maximum atomic E-state index is 13.6. The summed E-state index contributed by atoms with van der Waals surface area (Å²) < 4.78 is 26.8. The molecule has 108 valence electrons. The van der Waals surface area contributed by atoms with Crippen molar-refractivity contribution in [1.29, 1.82) is 0 Å². The van der Waals surface area contributed by atoms with Crippen molar-refractivity contribution in [3.63, 3.8) is 0 Å². The Balaban J connectivity index is 1.90. The molecule has 0 saturated carbocycles. The van der Waals surface area contributed by atoms with Crippen LogP contribution in [0.5, 0.6) is 0 Å². The van der Waals surface area contributed by atoms with E-state index in [1.807, 2.05) is 12.1 Å². The van der Waals surface area contributed by atoms with Crippen LogP contribution in [0.15, 0.2) is 36.4 Å². The van der Waals surface area contributed by atoms with Gasteiger partial charge in [0.25, 0.3) is 5.91 Å². The first-order valence-corrected chi connectivity index (χ1v) is 6.78. The highest BCUT2D eigenvalue weighted by Crippen LogP contribution is 2.30. The van der Waals surface area contributed by atoms with Crippen molar-refractivity contribution in [2.45, 2.75) is 12.8 Å².